The van der Waals surface area contributed by atoms with Gasteiger partial charge in [-0.15, -0.1) is 0 Å². The summed E-state index contributed by atoms with van der Waals surface area (Å²) in [6.07, 6.45) is 0. The van der Waals surface area contributed by atoms with Crippen LogP contribution in [0.1, 0.15) is 35.3 Å². The van der Waals surface area contributed by atoms with Gasteiger partial charge in [0.05, 0.1) is 0 Å². The molecule has 1 unspecified atom stereocenters. The zero-order valence-corrected chi connectivity index (χ0v) is 14.6. The molecule has 0 bridgehead atoms. The Kier molecular flexibility index (Phi) is 5.74. The third-order valence-corrected chi connectivity index (χ3v) is 3.94. The van der Waals surface area contributed by atoms with E-state index in [1.807, 2.05) is 70.2 Å². The molecular weight excluding hydrogens is 300 g/mol. The summed E-state index contributed by atoms with van der Waals surface area (Å²) in [4.78, 5) is 25.1. The fourth-order valence-electron chi connectivity index (χ4n) is 2.44. The van der Waals surface area contributed by atoms with Crippen LogP contribution in [0.5, 0.6) is 0 Å². The number of carbonyl (C=O) groups excluding carboxylic acids is 2. The van der Waals surface area contributed by atoms with E-state index in [1.165, 1.54) is 0 Å². The van der Waals surface area contributed by atoms with Gasteiger partial charge in [0.2, 0.25) is 5.91 Å². The molecule has 0 spiro atoms. The largest absolute Gasteiger partial charge is 0.340 e. The standard InChI is InChI=1S/C20H24N2O2/c1-13(2)18(20(24)21-16-11-9-14(3)10-12-16)22-19(23)17-8-6-5-7-15(17)4/h5-13,18H,1-4H3,(H,21,24)(H,22,23). The summed E-state index contributed by atoms with van der Waals surface area (Å²) in [7, 11) is 0. The summed E-state index contributed by atoms with van der Waals surface area (Å²) in [6, 6.07) is 14.3. The normalized spacial score (nSPS) is 11.9. The van der Waals surface area contributed by atoms with Gasteiger partial charge < -0.3 is 10.6 Å². The van der Waals surface area contributed by atoms with Gasteiger partial charge >= 0.3 is 0 Å². The minimum absolute atomic E-state index is 0.0246. The highest BCUT2D eigenvalue weighted by Gasteiger charge is 2.25. The molecule has 0 fully saturated rings. The molecule has 4 heteroatoms. The third kappa shape index (κ3) is 4.44. The number of amides is 2. The molecule has 1 atom stereocenters. The number of hydrogen-bond acceptors (Lipinski definition) is 2. The molecule has 0 heterocycles. The predicted octanol–water partition coefficient (Wildman–Crippen LogP) is 3.70. The van der Waals surface area contributed by atoms with E-state index in [9.17, 15) is 9.59 Å². The molecule has 2 rings (SSSR count). The highest BCUT2D eigenvalue weighted by atomic mass is 16.2. The summed E-state index contributed by atoms with van der Waals surface area (Å²) in [5.74, 6) is -0.468. The molecular formula is C20H24N2O2. The molecule has 0 aromatic heterocycles. The van der Waals surface area contributed by atoms with Crippen LogP contribution in [-0.2, 0) is 4.79 Å². The fourth-order valence-corrected chi connectivity index (χ4v) is 2.44. The van der Waals surface area contributed by atoms with Crippen molar-refractivity contribution in [3.05, 3.63) is 65.2 Å². The Morgan fingerprint density at radius 3 is 2.12 bits per heavy atom. The van der Waals surface area contributed by atoms with Crippen molar-refractivity contribution in [3.63, 3.8) is 0 Å². The lowest BCUT2D eigenvalue weighted by atomic mass is 10.0. The van der Waals surface area contributed by atoms with E-state index < -0.39 is 6.04 Å². The van der Waals surface area contributed by atoms with Gasteiger partial charge in [-0.05, 0) is 43.5 Å². The van der Waals surface area contributed by atoms with Crippen molar-refractivity contribution < 1.29 is 9.59 Å². The minimum atomic E-state index is -0.599. The van der Waals surface area contributed by atoms with Crippen LogP contribution in [0.4, 0.5) is 5.69 Å². The molecule has 24 heavy (non-hydrogen) atoms. The topological polar surface area (TPSA) is 58.2 Å². The Morgan fingerprint density at radius 1 is 0.917 bits per heavy atom. The summed E-state index contributed by atoms with van der Waals surface area (Å²) in [6.45, 7) is 7.70. The molecule has 2 N–H and O–H groups in total. The highest BCUT2D eigenvalue weighted by Crippen LogP contribution is 2.13. The van der Waals surface area contributed by atoms with Gasteiger partial charge in [0.15, 0.2) is 0 Å². The van der Waals surface area contributed by atoms with E-state index in [2.05, 4.69) is 10.6 Å². The first-order valence-corrected chi connectivity index (χ1v) is 8.12. The lowest BCUT2D eigenvalue weighted by molar-refractivity contribution is -0.118. The van der Waals surface area contributed by atoms with Crippen LogP contribution in [0, 0.1) is 19.8 Å². The minimum Gasteiger partial charge on any atom is -0.340 e. The highest BCUT2D eigenvalue weighted by molar-refractivity contribution is 6.01. The Morgan fingerprint density at radius 2 is 1.54 bits per heavy atom. The van der Waals surface area contributed by atoms with Crippen LogP contribution in [0.3, 0.4) is 0 Å². The Bertz CT molecular complexity index is 721. The molecule has 0 radical (unpaired) electrons. The molecule has 0 aliphatic rings. The maximum atomic E-state index is 12.6. The second kappa shape index (κ2) is 7.77. The van der Waals surface area contributed by atoms with Crippen LogP contribution in [-0.4, -0.2) is 17.9 Å². The van der Waals surface area contributed by atoms with Crippen LogP contribution in [0.15, 0.2) is 48.5 Å². The second-order valence-electron chi connectivity index (χ2n) is 6.37. The molecule has 2 aromatic rings. The first kappa shape index (κ1) is 17.7. The predicted molar refractivity (Wildman–Crippen MR) is 97.1 cm³/mol. The number of hydrogen-bond donors (Lipinski definition) is 2. The summed E-state index contributed by atoms with van der Waals surface area (Å²) >= 11 is 0. The zero-order chi connectivity index (χ0) is 17.7. The number of aryl methyl sites for hydroxylation is 2. The van der Waals surface area contributed by atoms with Gasteiger partial charge in [-0.1, -0.05) is 49.7 Å². The van der Waals surface area contributed by atoms with Crippen molar-refractivity contribution >= 4 is 17.5 Å². The lowest BCUT2D eigenvalue weighted by Gasteiger charge is -2.22. The van der Waals surface area contributed by atoms with Crippen LogP contribution < -0.4 is 10.6 Å². The molecule has 0 saturated carbocycles. The average molecular weight is 324 g/mol. The van der Waals surface area contributed by atoms with Crippen LogP contribution >= 0.6 is 0 Å². The van der Waals surface area contributed by atoms with Crippen molar-refractivity contribution in [2.24, 2.45) is 5.92 Å². The second-order valence-corrected chi connectivity index (χ2v) is 6.37. The number of rotatable bonds is 5. The molecule has 126 valence electrons. The molecule has 0 saturated heterocycles. The van der Waals surface area contributed by atoms with Crippen molar-refractivity contribution in [1.29, 1.82) is 0 Å². The molecule has 2 aromatic carbocycles. The van der Waals surface area contributed by atoms with Gasteiger partial charge in [0, 0.05) is 11.3 Å². The Balaban J connectivity index is 2.11. The van der Waals surface area contributed by atoms with Gasteiger partial charge in [0.1, 0.15) is 6.04 Å². The van der Waals surface area contributed by atoms with Crippen LogP contribution in [0.25, 0.3) is 0 Å². The zero-order valence-electron chi connectivity index (χ0n) is 14.6. The van der Waals surface area contributed by atoms with E-state index in [0.717, 1.165) is 16.8 Å². The number of anilines is 1. The Hall–Kier alpha value is -2.62. The van der Waals surface area contributed by atoms with E-state index in [4.69, 9.17) is 0 Å². The van der Waals surface area contributed by atoms with Crippen molar-refractivity contribution in [2.45, 2.75) is 33.7 Å². The van der Waals surface area contributed by atoms with Crippen molar-refractivity contribution in [1.82, 2.24) is 5.32 Å². The number of carbonyl (C=O) groups is 2. The maximum Gasteiger partial charge on any atom is 0.252 e. The van der Waals surface area contributed by atoms with Crippen molar-refractivity contribution in [3.8, 4) is 0 Å². The van der Waals surface area contributed by atoms with E-state index >= 15 is 0 Å². The van der Waals surface area contributed by atoms with Gasteiger partial charge in [-0.3, -0.25) is 9.59 Å². The summed E-state index contributed by atoms with van der Waals surface area (Å²) in [5.41, 5.74) is 3.32. The van der Waals surface area contributed by atoms with Gasteiger partial charge in [0.25, 0.3) is 5.91 Å². The molecule has 4 nitrogen and oxygen atoms in total. The molecule has 0 aliphatic heterocycles. The number of nitrogens with one attached hydrogen (secondary N) is 2. The quantitative estimate of drug-likeness (QED) is 0.881. The number of benzene rings is 2. The SMILES string of the molecule is Cc1ccc(NC(=O)C(NC(=O)c2ccccc2C)C(C)C)cc1. The first-order chi connectivity index (χ1) is 11.4. The van der Waals surface area contributed by atoms with Crippen LogP contribution in [0.2, 0.25) is 0 Å². The first-order valence-electron chi connectivity index (χ1n) is 8.12. The summed E-state index contributed by atoms with van der Waals surface area (Å²) in [5, 5.41) is 5.72. The lowest BCUT2D eigenvalue weighted by Crippen LogP contribution is -2.47. The molecule has 2 amide bonds. The smallest absolute Gasteiger partial charge is 0.252 e. The van der Waals surface area contributed by atoms with Gasteiger partial charge in [-0.25, -0.2) is 0 Å². The van der Waals surface area contributed by atoms with Gasteiger partial charge in [-0.2, -0.15) is 0 Å². The molecule has 0 aliphatic carbocycles. The fraction of sp³-hybridized carbons (Fsp3) is 0.300. The van der Waals surface area contributed by atoms with E-state index in [0.29, 0.717) is 5.56 Å². The van der Waals surface area contributed by atoms with Crippen molar-refractivity contribution in [2.75, 3.05) is 5.32 Å². The van der Waals surface area contributed by atoms with E-state index in [-0.39, 0.29) is 17.7 Å². The van der Waals surface area contributed by atoms with E-state index in [1.54, 1.807) is 6.07 Å². The maximum absolute atomic E-state index is 12.6. The average Bonchev–Trinajstić information content (AvgIpc) is 2.54. The Labute approximate surface area is 143 Å². The monoisotopic (exact) mass is 324 g/mol. The summed E-state index contributed by atoms with van der Waals surface area (Å²) < 4.78 is 0. The third-order valence-electron chi connectivity index (χ3n) is 3.94.